The molecule has 30 heavy (non-hydrogen) atoms. The molecule has 160 valence electrons. The van der Waals surface area contributed by atoms with Crippen molar-refractivity contribution in [2.24, 2.45) is 0 Å². The number of ether oxygens (including phenoxy) is 1. The molecule has 0 bridgehead atoms. The summed E-state index contributed by atoms with van der Waals surface area (Å²) in [4.78, 5) is 0. The molecule has 2 rings (SSSR count). The van der Waals surface area contributed by atoms with Crippen molar-refractivity contribution in [2.45, 2.75) is 65.2 Å². The molecule has 0 saturated carbocycles. The van der Waals surface area contributed by atoms with Crippen molar-refractivity contribution in [3.63, 3.8) is 0 Å². The summed E-state index contributed by atoms with van der Waals surface area (Å²) in [5.41, 5.74) is 1.20. The molecule has 0 aliphatic heterocycles. The molecule has 0 fully saturated rings. The highest BCUT2D eigenvalue weighted by Gasteiger charge is 2.11. The monoisotopic (exact) mass is 410 g/mol. The number of halogens is 2. The van der Waals surface area contributed by atoms with Gasteiger partial charge in [-0.1, -0.05) is 69.6 Å². The zero-order chi connectivity index (χ0) is 21.6. The number of unbranched alkanes of at least 4 members (excludes halogenated alkanes) is 4. The highest BCUT2D eigenvalue weighted by atomic mass is 19.2. The first-order valence-corrected chi connectivity index (χ1v) is 11.0. The largest absolute Gasteiger partial charge is 0.494 e. The Morgan fingerprint density at radius 2 is 1.57 bits per heavy atom. The third-order valence-electron chi connectivity index (χ3n) is 4.83. The fourth-order valence-corrected chi connectivity index (χ4v) is 3.01. The Morgan fingerprint density at radius 3 is 2.30 bits per heavy atom. The summed E-state index contributed by atoms with van der Waals surface area (Å²) in [6.45, 7) is 5.00. The first kappa shape index (κ1) is 23.7. The van der Waals surface area contributed by atoms with Gasteiger partial charge < -0.3 is 4.74 Å². The van der Waals surface area contributed by atoms with Gasteiger partial charge in [0.25, 0.3) is 0 Å². The molecular weight excluding hydrogens is 378 g/mol. The maximum Gasteiger partial charge on any atom is 0.174 e. The van der Waals surface area contributed by atoms with Crippen molar-refractivity contribution in [3.05, 3.63) is 76.9 Å². The number of rotatable bonds is 11. The maximum absolute atomic E-state index is 14.4. The topological polar surface area (TPSA) is 9.23 Å². The van der Waals surface area contributed by atoms with Crippen LogP contribution in [0.3, 0.4) is 0 Å². The molecule has 0 aliphatic carbocycles. The molecule has 0 radical (unpaired) electrons. The smallest absolute Gasteiger partial charge is 0.174 e. The zero-order valence-electron chi connectivity index (χ0n) is 18.1. The van der Waals surface area contributed by atoms with E-state index >= 15 is 0 Å². The second-order valence-corrected chi connectivity index (χ2v) is 7.38. The van der Waals surface area contributed by atoms with E-state index in [-0.39, 0.29) is 5.56 Å². The van der Waals surface area contributed by atoms with Crippen LogP contribution in [0.1, 0.15) is 75.5 Å². The van der Waals surface area contributed by atoms with E-state index in [0.29, 0.717) is 25.0 Å². The molecule has 0 atom stereocenters. The van der Waals surface area contributed by atoms with Gasteiger partial charge in [-0.3, -0.25) is 0 Å². The summed E-state index contributed by atoms with van der Waals surface area (Å²) in [5, 5.41) is 0. The molecule has 3 heteroatoms. The predicted octanol–water partition coefficient (Wildman–Crippen LogP) is 7.61. The number of hydrogen-bond donors (Lipinski definition) is 0. The Bertz CT molecular complexity index is 857. The van der Waals surface area contributed by atoms with Crippen molar-refractivity contribution >= 4 is 0 Å². The van der Waals surface area contributed by atoms with E-state index in [4.69, 9.17) is 4.74 Å². The van der Waals surface area contributed by atoms with Gasteiger partial charge >= 0.3 is 0 Å². The summed E-state index contributed by atoms with van der Waals surface area (Å²) < 4.78 is 34.4. The normalized spacial score (nSPS) is 10.8. The van der Waals surface area contributed by atoms with Crippen LogP contribution in [0, 0.1) is 23.5 Å². The minimum Gasteiger partial charge on any atom is -0.494 e. The molecule has 2 aromatic carbocycles. The highest BCUT2D eigenvalue weighted by Crippen LogP contribution is 2.18. The highest BCUT2D eigenvalue weighted by molar-refractivity contribution is 5.45. The fraction of sp³-hybridized carbons (Fsp3) is 0.407. The van der Waals surface area contributed by atoms with Crippen molar-refractivity contribution < 1.29 is 13.5 Å². The number of allylic oxidation sites excluding steroid dienone is 2. The van der Waals surface area contributed by atoms with Gasteiger partial charge in [-0.2, -0.15) is 0 Å². The summed E-state index contributed by atoms with van der Waals surface area (Å²) in [6.07, 6.45) is 12.0. The van der Waals surface area contributed by atoms with E-state index < -0.39 is 11.6 Å². The second kappa shape index (κ2) is 13.6. The van der Waals surface area contributed by atoms with Crippen LogP contribution in [0.5, 0.6) is 5.75 Å². The molecule has 0 amide bonds. The number of aryl methyl sites for hydroxylation is 1. The van der Waals surface area contributed by atoms with Crippen LogP contribution in [0.4, 0.5) is 8.78 Å². The standard InChI is InChI=1S/C27H32F2O/c1-3-5-7-9-10-12-23-17-18-24(27(29)26(23)28)16-13-22-14-19-25(20-15-22)30-21-11-8-6-4-2/h7,9,14-15,17-20H,3-6,8,10-12,21H2,1-2H3. The summed E-state index contributed by atoms with van der Waals surface area (Å²) in [7, 11) is 0. The lowest BCUT2D eigenvalue weighted by Crippen LogP contribution is -1.97. The molecule has 0 saturated heterocycles. The molecular formula is C27H32F2O. The first-order chi connectivity index (χ1) is 14.7. The van der Waals surface area contributed by atoms with E-state index in [9.17, 15) is 8.78 Å². The Hall–Kier alpha value is -2.60. The summed E-state index contributed by atoms with van der Waals surface area (Å²) in [6, 6.07) is 10.6. The van der Waals surface area contributed by atoms with E-state index in [1.165, 1.54) is 19.3 Å². The Balaban J connectivity index is 1.94. The molecule has 0 aromatic heterocycles. The van der Waals surface area contributed by atoms with Crippen LogP contribution < -0.4 is 4.74 Å². The van der Waals surface area contributed by atoms with Gasteiger partial charge in [0, 0.05) is 5.56 Å². The Labute approximate surface area is 180 Å². The molecule has 2 aromatic rings. The molecule has 0 unspecified atom stereocenters. The van der Waals surface area contributed by atoms with Gasteiger partial charge in [0.15, 0.2) is 11.6 Å². The quantitative estimate of drug-likeness (QED) is 0.210. The summed E-state index contributed by atoms with van der Waals surface area (Å²) >= 11 is 0. The van der Waals surface area contributed by atoms with Gasteiger partial charge in [-0.15, -0.1) is 0 Å². The lowest BCUT2D eigenvalue weighted by atomic mass is 10.0. The van der Waals surface area contributed by atoms with Gasteiger partial charge in [-0.25, -0.2) is 8.78 Å². The van der Waals surface area contributed by atoms with Crippen molar-refractivity contribution in [3.8, 4) is 17.6 Å². The Morgan fingerprint density at radius 1 is 0.800 bits per heavy atom. The minimum absolute atomic E-state index is 0.0778. The van der Waals surface area contributed by atoms with Gasteiger partial charge in [0.1, 0.15) is 5.75 Å². The molecule has 0 spiro atoms. The van der Waals surface area contributed by atoms with E-state index in [1.54, 1.807) is 12.1 Å². The van der Waals surface area contributed by atoms with Crippen molar-refractivity contribution in [2.75, 3.05) is 6.61 Å². The van der Waals surface area contributed by atoms with E-state index in [1.807, 2.05) is 30.3 Å². The van der Waals surface area contributed by atoms with Crippen LogP contribution in [0.25, 0.3) is 0 Å². The maximum atomic E-state index is 14.4. The molecule has 0 aliphatic rings. The van der Waals surface area contributed by atoms with Crippen molar-refractivity contribution in [1.82, 2.24) is 0 Å². The van der Waals surface area contributed by atoms with Crippen LogP contribution in [0.15, 0.2) is 48.6 Å². The average Bonchev–Trinajstić information content (AvgIpc) is 2.76. The Kier molecular flexibility index (Phi) is 10.7. The van der Waals surface area contributed by atoms with Crippen LogP contribution >= 0.6 is 0 Å². The van der Waals surface area contributed by atoms with Crippen LogP contribution in [-0.2, 0) is 6.42 Å². The van der Waals surface area contributed by atoms with Gasteiger partial charge in [0.2, 0.25) is 0 Å². The average molecular weight is 411 g/mol. The first-order valence-electron chi connectivity index (χ1n) is 11.0. The van der Waals surface area contributed by atoms with Crippen LogP contribution in [0.2, 0.25) is 0 Å². The van der Waals surface area contributed by atoms with E-state index in [0.717, 1.165) is 30.6 Å². The minimum atomic E-state index is -0.871. The van der Waals surface area contributed by atoms with Gasteiger partial charge in [-0.05, 0) is 61.6 Å². The SMILES string of the molecule is CCCC=CCCc1ccc(C#Cc2ccc(OCCCCCC)cc2)c(F)c1F. The zero-order valence-corrected chi connectivity index (χ0v) is 18.1. The van der Waals surface area contributed by atoms with Crippen LogP contribution in [-0.4, -0.2) is 6.61 Å². The second-order valence-electron chi connectivity index (χ2n) is 7.38. The fourth-order valence-electron chi connectivity index (χ4n) is 3.01. The number of hydrogen-bond acceptors (Lipinski definition) is 1. The summed E-state index contributed by atoms with van der Waals surface area (Å²) in [5.74, 6) is 4.78. The third kappa shape index (κ3) is 8.03. The molecule has 0 N–H and O–H groups in total. The lowest BCUT2D eigenvalue weighted by Gasteiger charge is -2.05. The van der Waals surface area contributed by atoms with E-state index in [2.05, 4.69) is 31.8 Å². The molecule has 1 nitrogen and oxygen atoms in total. The van der Waals surface area contributed by atoms with Crippen molar-refractivity contribution in [1.29, 1.82) is 0 Å². The third-order valence-corrected chi connectivity index (χ3v) is 4.83. The lowest BCUT2D eigenvalue weighted by molar-refractivity contribution is 0.305. The van der Waals surface area contributed by atoms with Gasteiger partial charge in [0.05, 0.1) is 12.2 Å². The predicted molar refractivity (Wildman–Crippen MR) is 121 cm³/mol. The number of benzene rings is 2. The molecule has 0 heterocycles.